The number of nitrogens with zero attached hydrogens (tertiary/aromatic N) is 2. The zero-order valence-electron chi connectivity index (χ0n) is 10.8. The molecule has 104 valence electrons. The van der Waals surface area contributed by atoms with Crippen LogP contribution in [-0.4, -0.2) is 47.2 Å². The van der Waals surface area contributed by atoms with Crippen LogP contribution in [0.4, 0.5) is 0 Å². The lowest BCUT2D eigenvalue weighted by atomic mass is 10.0. The number of H-pyrrole nitrogens is 1. The molecule has 0 aromatic carbocycles. The minimum atomic E-state index is 0. The second-order valence-corrected chi connectivity index (χ2v) is 5.87. The molecule has 5 nitrogen and oxygen atoms in total. The number of amides is 1. The number of hydrogen-bond acceptors (Lipinski definition) is 3. The van der Waals surface area contributed by atoms with E-state index < -0.39 is 0 Å². The van der Waals surface area contributed by atoms with Gasteiger partial charge in [0.25, 0.3) is 5.91 Å². The molecule has 2 N–H and O–H groups in total. The summed E-state index contributed by atoms with van der Waals surface area (Å²) in [4.78, 5) is 14.3. The number of aromatic amines is 1. The molecule has 4 rings (SSSR count). The van der Waals surface area contributed by atoms with E-state index in [4.69, 9.17) is 0 Å². The summed E-state index contributed by atoms with van der Waals surface area (Å²) < 4.78 is 0. The molecular formula is C13H19ClN4O. The van der Waals surface area contributed by atoms with Gasteiger partial charge >= 0.3 is 0 Å². The van der Waals surface area contributed by atoms with E-state index in [9.17, 15) is 4.79 Å². The molecule has 2 saturated heterocycles. The van der Waals surface area contributed by atoms with Crippen molar-refractivity contribution < 1.29 is 4.79 Å². The van der Waals surface area contributed by atoms with Gasteiger partial charge < -0.3 is 10.2 Å². The Kier molecular flexibility index (Phi) is 3.27. The van der Waals surface area contributed by atoms with Crippen LogP contribution in [0.25, 0.3) is 0 Å². The molecule has 1 amide bonds. The van der Waals surface area contributed by atoms with Gasteiger partial charge in [0.1, 0.15) is 5.69 Å². The maximum Gasteiger partial charge on any atom is 0.274 e. The van der Waals surface area contributed by atoms with Crippen LogP contribution in [-0.2, 0) is 0 Å². The summed E-state index contributed by atoms with van der Waals surface area (Å²) >= 11 is 0. The third-order valence-corrected chi connectivity index (χ3v) is 4.51. The van der Waals surface area contributed by atoms with Gasteiger partial charge in [0.2, 0.25) is 0 Å². The monoisotopic (exact) mass is 282 g/mol. The van der Waals surface area contributed by atoms with Gasteiger partial charge in [-0.2, -0.15) is 5.10 Å². The number of carbonyl (C=O) groups is 1. The van der Waals surface area contributed by atoms with Gasteiger partial charge in [0.05, 0.1) is 0 Å². The highest BCUT2D eigenvalue weighted by Gasteiger charge is 2.39. The van der Waals surface area contributed by atoms with Gasteiger partial charge in [-0.3, -0.25) is 9.89 Å². The normalized spacial score (nSPS) is 29.2. The highest BCUT2D eigenvalue weighted by molar-refractivity contribution is 5.92. The Labute approximate surface area is 118 Å². The van der Waals surface area contributed by atoms with Crippen molar-refractivity contribution in [3.63, 3.8) is 0 Å². The zero-order chi connectivity index (χ0) is 12.1. The Balaban J connectivity index is 0.00000110. The summed E-state index contributed by atoms with van der Waals surface area (Å²) in [7, 11) is 0. The van der Waals surface area contributed by atoms with E-state index in [0.717, 1.165) is 31.9 Å². The molecule has 0 bridgehead atoms. The Morgan fingerprint density at radius 1 is 1.26 bits per heavy atom. The predicted octanol–water partition coefficient (Wildman–Crippen LogP) is 1.00. The Hall–Kier alpha value is -1.07. The average molecular weight is 283 g/mol. The first-order chi connectivity index (χ1) is 8.81. The number of carbonyl (C=O) groups excluding carboxylic acids is 1. The number of likely N-dealkylation sites (tertiary alicyclic amines) is 1. The first-order valence-corrected chi connectivity index (χ1v) is 6.86. The van der Waals surface area contributed by atoms with E-state index in [0.29, 0.717) is 23.4 Å². The summed E-state index contributed by atoms with van der Waals surface area (Å²) in [5.41, 5.74) is 1.74. The van der Waals surface area contributed by atoms with Crippen molar-refractivity contribution >= 4 is 18.3 Å². The number of aromatic nitrogens is 2. The topological polar surface area (TPSA) is 61.0 Å². The van der Waals surface area contributed by atoms with Crippen molar-refractivity contribution in [2.75, 3.05) is 26.2 Å². The maximum atomic E-state index is 12.4. The van der Waals surface area contributed by atoms with Gasteiger partial charge in [-0.25, -0.2) is 0 Å². The molecule has 2 aliphatic heterocycles. The van der Waals surface area contributed by atoms with Crippen molar-refractivity contribution in [1.29, 1.82) is 0 Å². The molecule has 3 fully saturated rings. The second-order valence-electron chi connectivity index (χ2n) is 5.87. The summed E-state index contributed by atoms with van der Waals surface area (Å²) in [6, 6.07) is 1.95. The highest BCUT2D eigenvalue weighted by Crippen LogP contribution is 2.39. The van der Waals surface area contributed by atoms with Crippen LogP contribution in [0, 0.1) is 11.8 Å². The molecule has 1 saturated carbocycles. The molecular weight excluding hydrogens is 264 g/mol. The second kappa shape index (κ2) is 4.80. The Morgan fingerprint density at radius 3 is 2.58 bits per heavy atom. The quantitative estimate of drug-likeness (QED) is 0.851. The SMILES string of the molecule is Cl.O=C(c1cc(C2CC2)[nH]n1)N1C[C@H]2CNC[C@H]2C1. The van der Waals surface area contributed by atoms with Crippen molar-refractivity contribution in [2.24, 2.45) is 11.8 Å². The number of halogens is 1. The lowest BCUT2D eigenvalue weighted by molar-refractivity contribution is 0.0776. The van der Waals surface area contributed by atoms with Crippen molar-refractivity contribution in [3.05, 3.63) is 17.5 Å². The van der Waals surface area contributed by atoms with E-state index in [1.165, 1.54) is 12.8 Å². The summed E-state index contributed by atoms with van der Waals surface area (Å²) in [6.45, 7) is 3.90. The van der Waals surface area contributed by atoms with E-state index >= 15 is 0 Å². The third-order valence-electron chi connectivity index (χ3n) is 4.51. The smallest absolute Gasteiger partial charge is 0.274 e. The van der Waals surface area contributed by atoms with E-state index in [2.05, 4.69) is 15.5 Å². The highest BCUT2D eigenvalue weighted by atomic mass is 35.5. The number of fused-ring (bicyclic) bond motifs is 1. The van der Waals surface area contributed by atoms with Crippen molar-refractivity contribution in [3.8, 4) is 0 Å². The van der Waals surface area contributed by atoms with Gasteiger partial charge in [0.15, 0.2) is 0 Å². The standard InChI is InChI=1S/C13H18N4O.ClH/c18-13(12-3-11(15-16-12)8-1-2-8)17-6-9-4-14-5-10(9)7-17;/h3,8-10,14H,1-2,4-7H2,(H,15,16);1H/t9-,10+;. The molecule has 6 heteroatoms. The minimum absolute atomic E-state index is 0. The fourth-order valence-electron chi connectivity index (χ4n) is 3.23. The van der Waals surface area contributed by atoms with Crippen LogP contribution >= 0.6 is 12.4 Å². The Morgan fingerprint density at radius 2 is 1.95 bits per heavy atom. The molecule has 1 aliphatic carbocycles. The maximum absolute atomic E-state index is 12.4. The zero-order valence-corrected chi connectivity index (χ0v) is 11.6. The predicted molar refractivity (Wildman–Crippen MR) is 73.6 cm³/mol. The van der Waals surface area contributed by atoms with Crippen LogP contribution in [0.1, 0.15) is 34.9 Å². The average Bonchev–Trinajstić information content (AvgIpc) is 2.80. The summed E-state index contributed by atoms with van der Waals surface area (Å²) in [5, 5.41) is 10.6. The molecule has 3 heterocycles. The third kappa shape index (κ3) is 2.25. The molecule has 0 spiro atoms. The largest absolute Gasteiger partial charge is 0.337 e. The van der Waals surface area contributed by atoms with Crippen LogP contribution in [0.15, 0.2) is 6.07 Å². The summed E-state index contributed by atoms with van der Waals surface area (Å²) in [5.74, 6) is 2.03. The summed E-state index contributed by atoms with van der Waals surface area (Å²) in [6.07, 6.45) is 2.46. The van der Waals surface area contributed by atoms with E-state index in [1.54, 1.807) is 0 Å². The minimum Gasteiger partial charge on any atom is -0.337 e. The van der Waals surface area contributed by atoms with Crippen LogP contribution in [0.2, 0.25) is 0 Å². The molecule has 2 atom stereocenters. The molecule has 3 aliphatic rings. The van der Waals surface area contributed by atoms with E-state index in [1.807, 2.05) is 11.0 Å². The molecule has 19 heavy (non-hydrogen) atoms. The first-order valence-electron chi connectivity index (χ1n) is 6.86. The fourth-order valence-corrected chi connectivity index (χ4v) is 3.23. The van der Waals surface area contributed by atoms with E-state index in [-0.39, 0.29) is 18.3 Å². The van der Waals surface area contributed by atoms with Crippen LogP contribution < -0.4 is 5.32 Å². The number of rotatable bonds is 2. The van der Waals surface area contributed by atoms with Crippen LogP contribution in [0.5, 0.6) is 0 Å². The van der Waals surface area contributed by atoms with Crippen molar-refractivity contribution in [1.82, 2.24) is 20.4 Å². The molecule has 1 aromatic heterocycles. The Bertz CT molecular complexity index is 473. The van der Waals surface area contributed by atoms with Crippen LogP contribution in [0.3, 0.4) is 0 Å². The molecule has 0 radical (unpaired) electrons. The van der Waals surface area contributed by atoms with Gasteiger partial charge in [-0.15, -0.1) is 12.4 Å². The first kappa shape index (κ1) is 12.9. The number of hydrogen-bond donors (Lipinski definition) is 2. The lowest BCUT2D eigenvalue weighted by Gasteiger charge is -2.15. The fraction of sp³-hybridized carbons (Fsp3) is 0.692. The number of nitrogens with one attached hydrogen (secondary N) is 2. The van der Waals surface area contributed by atoms with Gasteiger partial charge in [-0.05, 0) is 30.7 Å². The van der Waals surface area contributed by atoms with Gasteiger partial charge in [0, 0.05) is 37.8 Å². The van der Waals surface area contributed by atoms with Crippen molar-refractivity contribution in [2.45, 2.75) is 18.8 Å². The van der Waals surface area contributed by atoms with Gasteiger partial charge in [-0.1, -0.05) is 0 Å². The molecule has 0 unspecified atom stereocenters. The molecule has 1 aromatic rings. The lowest BCUT2D eigenvalue weighted by Crippen LogP contribution is -2.32.